The molecule has 5 aromatic rings. The molecule has 3 heteroatoms. The summed E-state index contributed by atoms with van der Waals surface area (Å²) in [7, 11) is -0.510. The molecule has 0 bridgehead atoms. The highest BCUT2D eigenvalue weighted by Crippen LogP contribution is 2.50. The standard InChI is InChI=1S/C20H19N2P/c1-20(2,3)23-21-16-10-6-4-8-14(16)12-18(21)19-13-15-9-5-7-11-17(15)22(19)23/h4-13H,1-3H3. The lowest BCUT2D eigenvalue weighted by molar-refractivity contribution is 0.708. The smallest absolute Gasteiger partial charge is 0.0754 e. The molecule has 0 fully saturated rings. The molecule has 0 aliphatic rings. The average molecular weight is 318 g/mol. The van der Waals surface area contributed by atoms with Crippen molar-refractivity contribution in [3.8, 4) is 0 Å². The molecule has 23 heavy (non-hydrogen) atoms. The minimum Gasteiger partial charge on any atom is -0.284 e. The van der Waals surface area contributed by atoms with Crippen LogP contribution in [0.5, 0.6) is 0 Å². The number of rotatable bonds is 0. The third-order valence-electron chi connectivity index (χ3n) is 4.61. The van der Waals surface area contributed by atoms with Gasteiger partial charge in [-0.2, -0.15) is 0 Å². The van der Waals surface area contributed by atoms with Gasteiger partial charge in [0.15, 0.2) is 0 Å². The topological polar surface area (TPSA) is 8.82 Å². The maximum absolute atomic E-state index is 2.59. The molecule has 0 saturated heterocycles. The van der Waals surface area contributed by atoms with Gasteiger partial charge in [-0.05, 0) is 24.3 Å². The number of hydrogen-bond acceptors (Lipinski definition) is 0. The zero-order chi connectivity index (χ0) is 15.8. The SMILES string of the molecule is CC(C)(C)p1n2c3ccccc3cc2c2cc3ccccc3n21. The van der Waals surface area contributed by atoms with E-state index in [0.29, 0.717) is 0 Å². The van der Waals surface area contributed by atoms with E-state index >= 15 is 0 Å². The Labute approximate surface area is 136 Å². The molecule has 0 radical (unpaired) electrons. The zero-order valence-corrected chi connectivity index (χ0v) is 14.5. The molecular formula is C20H19N2P. The molecule has 114 valence electrons. The monoisotopic (exact) mass is 318 g/mol. The second-order valence-corrected chi connectivity index (χ2v) is 9.98. The van der Waals surface area contributed by atoms with Crippen LogP contribution >= 0.6 is 7.85 Å². The van der Waals surface area contributed by atoms with Gasteiger partial charge >= 0.3 is 0 Å². The molecule has 3 aromatic heterocycles. The molecule has 2 aromatic carbocycles. The third-order valence-corrected chi connectivity index (χ3v) is 7.43. The summed E-state index contributed by atoms with van der Waals surface area (Å²) in [6.07, 6.45) is 0. The van der Waals surface area contributed by atoms with E-state index in [1.165, 1.54) is 32.8 Å². The third kappa shape index (κ3) is 1.65. The zero-order valence-electron chi connectivity index (χ0n) is 13.6. The van der Waals surface area contributed by atoms with Crippen LogP contribution in [0.4, 0.5) is 0 Å². The fourth-order valence-electron chi connectivity index (χ4n) is 3.74. The van der Waals surface area contributed by atoms with Gasteiger partial charge in [0, 0.05) is 23.8 Å². The molecule has 0 aliphatic heterocycles. The van der Waals surface area contributed by atoms with Gasteiger partial charge in [-0.15, -0.1) is 0 Å². The normalized spacial score (nSPS) is 13.0. The molecule has 0 N–H and O–H groups in total. The fourth-order valence-corrected chi connectivity index (χ4v) is 6.62. The molecule has 0 saturated carbocycles. The van der Waals surface area contributed by atoms with Crippen molar-refractivity contribution in [2.24, 2.45) is 0 Å². The number of nitrogens with zero attached hydrogens (tertiary/aromatic N) is 2. The highest BCUT2D eigenvalue weighted by molar-refractivity contribution is 7.44. The molecule has 0 spiro atoms. The fraction of sp³-hybridized carbons (Fsp3) is 0.200. The quantitative estimate of drug-likeness (QED) is 0.319. The van der Waals surface area contributed by atoms with Crippen LogP contribution in [0.2, 0.25) is 0 Å². The summed E-state index contributed by atoms with van der Waals surface area (Å²) in [5.74, 6) is 0. The predicted molar refractivity (Wildman–Crippen MR) is 101 cm³/mol. The van der Waals surface area contributed by atoms with E-state index in [-0.39, 0.29) is 5.16 Å². The highest BCUT2D eigenvalue weighted by Gasteiger charge is 2.25. The lowest BCUT2D eigenvalue weighted by Crippen LogP contribution is -2.05. The minimum atomic E-state index is -0.510. The molecule has 0 atom stereocenters. The van der Waals surface area contributed by atoms with Crippen LogP contribution in [0.15, 0.2) is 60.7 Å². The Kier molecular flexibility index (Phi) is 2.43. The van der Waals surface area contributed by atoms with Gasteiger partial charge in [0.1, 0.15) is 0 Å². The maximum Gasteiger partial charge on any atom is 0.0754 e. The Bertz CT molecular complexity index is 1110. The number of hydrogen-bond donors (Lipinski definition) is 0. The lowest BCUT2D eigenvalue weighted by atomic mass is 10.2. The van der Waals surface area contributed by atoms with Crippen LogP contribution in [-0.4, -0.2) is 8.33 Å². The minimum absolute atomic E-state index is 0.193. The van der Waals surface area contributed by atoms with Gasteiger partial charge in [0.25, 0.3) is 0 Å². The van der Waals surface area contributed by atoms with Gasteiger partial charge in [-0.3, -0.25) is 8.33 Å². The first-order valence-electron chi connectivity index (χ1n) is 8.08. The molecule has 5 rings (SSSR count). The van der Waals surface area contributed by atoms with Crippen molar-refractivity contribution in [1.29, 1.82) is 0 Å². The summed E-state index contributed by atoms with van der Waals surface area (Å²) in [6.45, 7) is 7.09. The maximum atomic E-state index is 2.59. The first-order valence-corrected chi connectivity index (χ1v) is 9.32. The largest absolute Gasteiger partial charge is 0.284 e. The second kappa shape index (κ2) is 4.21. The lowest BCUT2D eigenvalue weighted by Gasteiger charge is -2.20. The Morgan fingerprint density at radius 1 is 0.652 bits per heavy atom. The van der Waals surface area contributed by atoms with E-state index in [9.17, 15) is 0 Å². The van der Waals surface area contributed by atoms with Crippen LogP contribution in [0.1, 0.15) is 20.8 Å². The summed E-state index contributed by atoms with van der Waals surface area (Å²) < 4.78 is 5.18. The molecule has 2 nitrogen and oxygen atoms in total. The van der Waals surface area contributed by atoms with Crippen molar-refractivity contribution in [3.63, 3.8) is 0 Å². The summed E-state index contributed by atoms with van der Waals surface area (Å²) in [6, 6.07) is 22.2. The van der Waals surface area contributed by atoms with E-state index in [1.807, 2.05) is 0 Å². The molecule has 0 amide bonds. The summed E-state index contributed by atoms with van der Waals surface area (Å²) in [4.78, 5) is 0. The molecule has 0 unspecified atom stereocenters. The van der Waals surface area contributed by atoms with Crippen LogP contribution < -0.4 is 0 Å². The number of para-hydroxylation sites is 2. The molecular weight excluding hydrogens is 299 g/mol. The molecule has 0 aliphatic carbocycles. The predicted octanol–water partition coefficient (Wildman–Crippen LogP) is 6.24. The summed E-state index contributed by atoms with van der Waals surface area (Å²) in [5.41, 5.74) is 5.44. The Hall–Kier alpha value is -2.18. The van der Waals surface area contributed by atoms with Crippen molar-refractivity contribution >= 4 is 40.7 Å². The Morgan fingerprint density at radius 2 is 1.09 bits per heavy atom. The van der Waals surface area contributed by atoms with Gasteiger partial charge < -0.3 is 0 Å². The number of aromatic nitrogens is 2. The first-order chi connectivity index (χ1) is 11.1. The van der Waals surface area contributed by atoms with Crippen molar-refractivity contribution in [1.82, 2.24) is 8.33 Å². The van der Waals surface area contributed by atoms with E-state index in [0.717, 1.165) is 0 Å². The van der Waals surface area contributed by atoms with Crippen LogP contribution in [0, 0.1) is 0 Å². The first kappa shape index (κ1) is 13.3. The van der Waals surface area contributed by atoms with Crippen LogP contribution in [0.3, 0.4) is 0 Å². The van der Waals surface area contributed by atoms with Crippen molar-refractivity contribution < 1.29 is 0 Å². The van der Waals surface area contributed by atoms with Crippen molar-refractivity contribution in [3.05, 3.63) is 60.7 Å². The van der Waals surface area contributed by atoms with Gasteiger partial charge in [-0.1, -0.05) is 57.2 Å². The number of benzene rings is 2. The average Bonchev–Trinajstić information content (AvgIpc) is 3.13. The second-order valence-electron chi connectivity index (χ2n) is 7.26. The Morgan fingerprint density at radius 3 is 1.52 bits per heavy atom. The van der Waals surface area contributed by atoms with E-state index in [4.69, 9.17) is 0 Å². The van der Waals surface area contributed by atoms with Gasteiger partial charge in [0.2, 0.25) is 0 Å². The van der Waals surface area contributed by atoms with Crippen LogP contribution in [0.25, 0.3) is 32.8 Å². The van der Waals surface area contributed by atoms with Crippen molar-refractivity contribution in [2.75, 3.05) is 0 Å². The van der Waals surface area contributed by atoms with Gasteiger partial charge in [0.05, 0.1) is 22.1 Å². The van der Waals surface area contributed by atoms with Crippen molar-refractivity contribution in [2.45, 2.75) is 25.9 Å². The van der Waals surface area contributed by atoms with Gasteiger partial charge in [-0.25, -0.2) is 0 Å². The van der Waals surface area contributed by atoms with E-state index in [1.54, 1.807) is 0 Å². The summed E-state index contributed by atoms with van der Waals surface area (Å²) >= 11 is 0. The van der Waals surface area contributed by atoms with E-state index < -0.39 is 7.85 Å². The molecule has 3 heterocycles. The van der Waals surface area contributed by atoms with Crippen LogP contribution in [-0.2, 0) is 5.16 Å². The number of fused-ring (bicyclic) bond motifs is 7. The van der Waals surface area contributed by atoms with E-state index in [2.05, 4.69) is 89.8 Å². The Balaban J connectivity index is 2.15. The summed E-state index contributed by atoms with van der Waals surface area (Å²) in [5, 5.41) is 2.88. The highest BCUT2D eigenvalue weighted by atomic mass is 31.1.